The van der Waals surface area contributed by atoms with Crippen molar-refractivity contribution >= 4 is 23.2 Å². The summed E-state index contributed by atoms with van der Waals surface area (Å²) >= 11 is 1.42. The van der Waals surface area contributed by atoms with Crippen LogP contribution in [-0.2, 0) is 24.3 Å². The number of carboxylic acids is 1. The fourth-order valence-electron chi connectivity index (χ4n) is 2.87. The lowest BCUT2D eigenvalue weighted by Crippen LogP contribution is -2.36. The van der Waals surface area contributed by atoms with Crippen LogP contribution in [0.1, 0.15) is 36.7 Å². The van der Waals surface area contributed by atoms with Crippen LogP contribution in [0, 0.1) is 0 Å². The summed E-state index contributed by atoms with van der Waals surface area (Å²) in [6.45, 7) is 1.48. The summed E-state index contributed by atoms with van der Waals surface area (Å²) in [5.74, 6) is -0.923. The van der Waals surface area contributed by atoms with E-state index in [1.54, 1.807) is 24.1 Å². The lowest BCUT2D eigenvalue weighted by Gasteiger charge is -2.29. The van der Waals surface area contributed by atoms with Gasteiger partial charge in [-0.25, -0.2) is 4.79 Å². The second-order valence-electron chi connectivity index (χ2n) is 5.48. The van der Waals surface area contributed by atoms with Crippen molar-refractivity contribution < 1.29 is 19.4 Å². The Hall–Kier alpha value is -2.18. The van der Waals surface area contributed by atoms with Crippen molar-refractivity contribution in [2.75, 3.05) is 13.7 Å². The van der Waals surface area contributed by atoms with Crippen LogP contribution >= 0.6 is 11.3 Å². The van der Waals surface area contributed by atoms with Gasteiger partial charge >= 0.3 is 5.97 Å². The van der Waals surface area contributed by atoms with Crippen molar-refractivity contribution in [1.29, 1.82) is 0 Å². The largest absolute Gasteiger partial charge is 0.478 e. The van der Waals surface area contributed by atoms with Crippen molar-refractivity contribution in [3.63, 3.8) is 0 Å². The molecule has 1 amide bonds. The smallest absolute Gasteiger partial charge is 0.335 e. The molecule has 0 aliphatic carbocycles. The van der Waals surface area contributed by atoms with E-state index in [1.807, 2.05) is 17.5 Å². The summed E-state index contributed by atoms with van der Waals surface area (Å²) in [6.07, 6.45) is 0.569. The minimum absolute atomic E-state index is 0.0104. The summed E-state index contributed by atoms with van der Waals surface area (Å²) in [4.78, 5) is 26.4. The Labute approximate surface area is 138 Å². The van der Waals surface area contributed by atoms with Crippen molar-refractivity contribution in [2.45, 2.75) is 19.6 Å². The first-order chi connectivity index (χ1) is 11.1. The fourth-order valence-corrected chi connectivity index (χ4v) is 3.73. The van der Waals surface area contributed by atoms with Crippen LogP contribution in [0.4, 0.5) is 0 Å². The van der Waals surface area contributed by atoms with E-state index in [1.165, 1.54) is 11.3 Å². The minimum Gasteiger partial charge on any atom is -0.478 e. The van der Waals surface area contributed by atoms with Gasteiger partial charge in [-0.3, -0.25) is 4.79 Å². The summed E-state index contributed by atoms with van der Waals surface area (Å²) in [5, 5.41) is 11.2. The van der Waals surface area contributed by atoms with Crippen molar-refractivity contribution in [2.24, 2.45) is 0 Å². The minimum atomic E-state index is -0.913. The van der Waals surface area contributed by atoms with E-state index < -0.39 is 5.97 Å². The molecule has 3 rings (SSSR count). The molecule has 6 heteroatoms. The van der Waals surface area contributed by atoms with E-state index in [4.69, 9.17) is 4.74 Å². The Morgan fingerprint density at radius 3 is 2.96 bits per heavy atom. The van der Waals surface area contributed by atoms with Crippen LogP contribution in [0.2, 0.25) is 0 Å². The van der Waals surface area contributed by atoms with E-state index in [9.17, 15) is 14.7 Å². The van der Waals surface area contributed by atoms with Gasteiger partial charge < -0.3 is 14.7 Å². The fraction of sp³-hybridized carbons (Fsp3) is 0.294. The lowest BCUT2D eigenvalue weighted by atomic mass is 9.94. The highest BCUT2D eigenvalue weighted by atomic mass is 32.1. The molecule has 5 nitrogen and oxygen atoms in total. The Morgan fingerprint density at radius 2 is 2.22 bits per heavy atom. The lowest BCUT2D eigenvalue weighted by molar-refractivity contribution is 0.0694. The summed E-state index contributed by atoms with van der Waals surface area (Å²) in [5.41, 5.74) is 3.09. The zero-order valence-electron chi connectivity index (χ0n) is 12.7. The quantitative estimate of drug-likeness (QED) is 0.935. The molecule has 0 radical (unpaired) electrons. The van der Waals surface area contributed by atoms with Crippen LogP contribution in [0.25, 0.3) is 0 Å². The van der Waals surface area contributed by atoms with Crippen LogP contribution in [-0.4, -0.2) is 35.5 Å². The molecule has 1 aliphatic heterocycles. The molecule has 120 valence electrons. The third-order valence-corrected chi connectivity index (χ3v) is 4.93. The average Bonchev–Trinajstić information content (AvgIpc) is 3.02. The van der Waals surface area contributed by atoms with E-state index >= 15 is 0 Å². The first-order valence-corrected chi connectivity index (χ1v) is 8.18. The number of hydrogen-bond donors (Lipinski definition) is 1. The van der Waals surface area contributed by atoms with E-state index in [0.717, 1.165) is 16.7 Å². The zero-order chi connectivity index (χ0) is 16.4. The van der Waals surface area contributed by atoms with Crippen LogP contribution < -0.4 is 0 Å². The average molecular weight is 331 g/mol. The number of nitrogens with zero attached hydrogens (tertiary/aromatic N) is 1. The predicted molar refractivity (Wildman–Crippen MR) is 86.9 cm³/mol. The van der Waals surface area contributed by atoms with E-state index in [0.29, 0.717) is 36.6 Å². The number of carboxylic acid groups (broad SMARTS) is 1. The zero-order valence-corrected chi connectivity index (χ0v) is 13.6. The molecular weight excluding hydrogens is 314 g/mol. The number of methoxy groups -OCH3 is 1. The molecule has 0 bridgehead atoms. The van der Waals surface area contributed by atoms with Gasteiger partial charge in [0.2, 0.25) is 0 Å². The Bertz CT molecular complexity index is 753. The highest BCUT2D eigenvalue weighted by Gasteiger charge is 2.25. The SMILES string of the molecule is COCc1csc(C(=O)N2CCc3c(cccc3C(=O)O)C2)c1. The molecule has 1 N–H and O–H groups in total. The highest BCUT2D eigenvalue weighted by molar-refractivity contribution is 7.12. The molecule has 2 heterocycles. The van der Waals surface area contributed by atoms with Gasteiger partial charge in [-0.15, -0.1) is 11.3 Å². The number of fused-ring (bicyclic) bond motifs is 1. The Kier molecular flexibility index (Phi) is 4.45. The number of carbonyl (C=O) groups is 2. The number of rotatable bonds is 4. The molecule has 1 aromatic carbocycles. The van der Waals surface area contributed by atoms with E-state index in [2.05, 4.69) is 0 Å². The maximum Gasteiger partial charge on any atom is 0.335 e. The summed E-state index contributed by atoms with van der Waals surface area (Å²) in [6, 6.07) is 7.11. The number of carbonyl (C=O) groups excluding carboxylic acids is 1. The van der Waals surface area contributed by atoms with Gasteiger partial charge in [-0.1, -0.05) is 12.1 Å². The molecule has 0 unspecified atom stereocenters. The van der Waals surface area contributed by atoms with Crippen molar-refractivity contribution in [1.82, 2.24) is 4.90 Å². The number of hydrogen-bond acceptors (Lipinski definition) is 4. The van der Waals surface area contributed by atoms with Gasteiger partial charge in [0, 0.05) is 20.2 Å². The molecule has 1 aliphatic rings. The van der Waals surface area contributed by atoms with Gasteiger partial charge in [0.05, 0.1) is 17.0 Å². The summed E-state index contributed by atoms with van der Waals surface area (Å²) < 4.78 is 5.07. The van der Waals surface area contributed by atoms with Crippen LogP contribution in [0.15, 0.2) is 29.6 Å². The standard InChI is InChI=1S/C17H17NO4S/c1-22-9-11-7-15(23-10-11)16(19)18-6-5-13-12(8-18)3-2-4-14(13)17(20)21/h2-4,7,10H,5-6,8-9H2,1H3,(H,20,21). The van der Waals surface area contributed by atoms with E-state index in [-0.39, 0.29) is 5.91 Å². The Balaban J connectivity index is 1.80. The van der Waals surface area contributed by atoms with Crippen molar-refractivity contribution in [3.05, 3.63) is 56.8 Å². The third-order valence-electron chi connectivity index (χ3n) is 3.96. The van der Waals surface area contributed by atoms with Gasteiger partial charge in [0.1, 0.15) is 0 Å². The third kappa shape index (κ3) is 3.13. The first-order valence-electron chi connectivity index (χ1n) is 7.30. The highest BCUT2D eigenvalue weighted by Crippen LogP contribution is 2.25. The van der Waals surface area contributed by atoms with Crippen molar-refractivity contribution in [3.8, 4) is 0 Å². The molecule has 0 atom stereocenters. The maximum atomic E-state index is 12.6. The molecule has 0 saturated carbocycles. The molecule has 2 aromatic rings. The van der Waals surface area contributed by atoms with Crippen LogP contribution in [0.5, 0.6) is 0 Å². The topological polar surface area (TPSA) is 66.8 Å². The number of aromatic carboxylic acids is 1. The number of thiophene rings is 1. The molecule has 0 saturated heterocycles. The second-order valence-corrected chi connectivity index (χ2v) is 6.39. The number of amides is 1. The molecular formula is C17H17NO4S. The van der Waals surface area contributed by atoms with Gasteiger partial charge in [0.15, 0.2) is 0 Å². The monoisotopic (exact) mass is 331 g/mol. The Morgan fingerprint density at radius 1 is 1.39 bits per heavy atom. The predicted octanol–water partition coefficient (Wildman–Crippen LogP) is 2.79. The van der Waals surface area contributed by atoms with Gasteiger partial charge in [-0.2, -0.15) is 0 Å². The maximum absolute atomic E-state index is 12.6. The number of benzene rings is 1. The van der Waals surface area contributed by atoms with Crippen LogP contribution in [0.3, 0.4) is 0 Å². The number of ether oxygens (including phenoxy) is 1. The molecule has 0 fully saturated rings. The molecule has 1 aromatic heterocycles. The van der Waals surface area contributed by atoms with Gasteiger partial charge in [-0.05, 0) is 40.6 Å². The first kappa shape index (κ1) is 15.7. The normalized spacial score (nSPS) is 13.7. The molecule has 23 heavy (non-hydrogen) atoms. The van der Waals surface area contributed by atoms with Gasteiger partial charge in [0.25, 0.3) is 5.91 Å². The summed E-state index contributed by atoms with van der Waals surface area (Å²) in [7, 11) is 1.63. The second kappa shape index (κ2) is 6.52. The molecule has 0 spiro atoms.